The zero-order valence-corrected chi connectivity index (χ0v) is 38.6. The summed E-state index contributed by atoms with van der Waals surface area (Å²) in [6.45, 7) is 14.4. The van der Waals surface area contributed by atoms with Crippen molar-refractivity contribution >= 4 is 5.97 Å². The molecule has 13 nitrogen and oxygen atoms in total. The fourth-order valence-corrected chi connectivity index (χ4v) is 10.5. The van der Waals surface area contributed by atoms with Crippen LogP contribution in [0.1, 0.15) is 125 Å². The Morgan fingerprint density at radius 1 is 1.02 bits per heavy atom. The minimum atomic E-state index is -2.07. The molecule has 58 heavy (non-hydrogen) atoms. The molecule has 14 heteroatoms. The Balaban J connectivity index is 0.00000567. The van der Waals surface area contributed by atoms with E-state index in [4.69, 9.17) is 33.2 Å². The molecule has 7 aliphatic heterocycles. The zero-order valence-electron chi connectivity index (χ0n) is 35.5. The molecule has 17 atom stereocenters. The van der Waals surface area contributed by atoms with Crippen molar-refractivity contribution in [3.63, 3.8) is 0 Å². The predicted octanol–water partition coefficient (Wildman–Crippen LogP) is 0.883. The van der Waals surface area contributed by atoms with Crippen molar-refractivity contribution < 1.29 is 115 Å². The smallest absolute Gasteiger partial charge is 0.547 e. The Labute approximate surface area is 386 Å². The second-order valence-electron chi connectivity index (χ2n) is 18.9. The van der Waals surface area contributed by atoms with E-state index in [-0.39, 0.29) is 88.0 Å². The molecule has 7 heterocycles. The molecule has 6 fully saturated rings. The maximum Gasteiger partial charge on any atom is 1.00 e. The SMILES string of the molecule is C=C1[C@@H](O)[C@@H]2O[C@]3(CC[C@H](/C=C/[C@@H](C)[C@@H]4CC(C)=C[C@@]5(O[C@H](C[C@@](C)(O)C(=O)[O-])CCC5O)O4)O3)CC[C@H]2O[C@@H]1[C@@H](O)C[C@H](C)[C@H]1O[C@@]2(CCCCO2)CC[C@H]1C.[K+]. The summed E-state index contributed by atoms with van der Waals surface area (Å²) in [5, 5.41) is 56.0. The Morgan fingerprint density at radius 2 is 1.76 bits per heavy atom. The molecular formula is C44H67KO13. The molecule has 6 saturated heterocycles. The van der Waals surface area contributed by atoms with Crippen molar-refractivity contribution in [2.75, 3.05) is 6.61 Å². The molecular weight excluding hydrogens is 776 g/mol. The van der Waals surface area contributed by atoms with Gasteiger partial charge in [0.05, 0.1) is 49.2 Å². The number of aliphatic hydroxyl groups is 4. The number of carboxylic acid groups (broad SMARTS) is 1. The largest absolute Gasteiger partial charge is 1.00 e. The molecule has 0 amide bonds. The van der Waals surface area contributed by atoms with Crippen LogP contribution in [0.3, 0.4) is 0 Å². The van der Waals surface area contributed by atoms with Crippen LogP contribution in [-0.2, 0) is 38.0 Å². The van der Waals surface area contributed by atoms with Gasteiger partial charge in [-0.3, -0.25) is 0 Å². The monoisotopic (exact) mass is 842 g/mol. The number of aliphatic hydroxyl groups excluding tert-OH is 3. The first-order chi connectivity index (χ1) is 26.9. The van der Waals surface area contributed by atoms with Crippen LogP contribution in [0.25, 0.3) is 0 Å². The standard InChI is InChI=1S/C44H68O13.K/c1-25-21-34(55-44(23-25)35(46)12-11-31(54-44)24-41(6,50)40(48)49)26(2)9-10-30-14-18-43(53-30)19-15-33-39(57-43)36(47)29(5)38(52-33)32(45)22-28(4)37-27(3)13-17-42(56-37)16-7-8-20-51-42;/h9-10,23,26-28,30-39,45-47,50H,5,7-8,11-22,24H2,1-4,6H3,(H,48,49);/q;+1/p-1/b10-9+;/t26-,27-,28+,30+,31+,32+,33-,34+,35?,36-,37+,38+,39-,41-,42+,43-,44-;/m1./s1. The number of rotatable bonds is 10. The van der Waals surface area contributed by atoms with Crippen LogP contribution in [0.15, 0.2) is 36.0 Å². The quantitative estimate of drug-likeness (QED) is 0.180. The molecule has 7 aliphatic rings. The third-order valence-corrected chi connectivity index (χ3v) is 14.0. The Bertz CT molecular complexity index is 1510. The molecule has 0 radical (unpaired) electrons. The van der Waals surface area contributed by atoms with Crippen molar-refractivity contribution in [3.05, 3.63) is 36.0 Å². The van der Waals surface area contributed by atoms with E-state index in [1.807, 2.05) is 26.0 Å². The predicted molar refractivity (Wildman–Crippen MR) is 205 cm³/mol. The van der Waals surface area contributed by atoms with Crippen molar-refractivity contribution in [1.29, 1.82) is 0 Å². The Hall–Kier alpha value is -0.114. The second kappa shape index (κ2) is 18.9. The number of hydrogen-bond acceptors (Lipinski definition) is 13. The van der Waals surface area contributed by atoms with Gasteiger partial charge in [-0.2, -0.15) is 0 Å². The first-order valence-corrected chi connectivity index (χ1v) is 21.6. The van der Waals surface area contributed by atoms with Crippen LogP contribution in [0.4, 0.5) is 0 Å². The maximum atomic E-state index is 11.5. The van der Waals surface area contributed by atoms with Crippen LogP contribution in [0, 0.1) is 17.8 Å². The van der Waals surface area contributed by atoms with Crippen LogP contribution in [0.5, 0.6) is 0 Å². The molecule has 0 saturated carbocycles. The van der Waals surface area contributed by atoms with E-state index < -0.39 is 71.7 Å². The van der Waals surface area contributed by atoms with Gasteiger partial charge in [0.2, 0.25) is 5.79 Å². The molecule has 322 valence electrons. The molecule has 1 unspecified atom stereocenters. The van der Waals surface area contributed by atoms with Gasteiger partial charge >= 0.3 is 51.4 Å². The zero-order chi connectivity index (χ0) is 40.9. The number of ether oxygens (including phenoxy) is 7. The Morgan fingerprint density at radius 3 is 2.48 bits per heavy atom. The van der Waals surface area contributed by atoms with Crippen molar-refractivity contribution in [2.24, 2.45) is 17.8 Å². The van der Waals surface area contributed by atoms with Gasteiger partial charge in [0.1, 0.15) is 30.0 Å². The number of hydrogen-bond donors (Lipinski definition) is 4. The van der Waals surface area contributed by atoms with Gasteiger partial charge in [-0.05, 0) is 95.1 Å². The van der Waals surface area contributed by atoms with Crippen LogP contribution < -0.4 is 56.5 Å². The van der Waals surface area contributed by atoms with E-state index >= 15 is 0 Å². The Kier molecular flexibility index (Phi) is 15.5. The molecule has 3 spiro atoms. The van der Waals surface area contributed by atoms with Gasteiger partial charge in [-0.1, -0.05) is 45.1 Å². The topological polar surface area (TPSA) is 186 Å². The van der Waals surface area contributed by atoms with Crippen molar-refractivity contribution in [1.82, 2.24) is 0 Å². The van der Waals surface area contributed by atoms with E-state index in [2.05, 4.69) is 20.4 Å². The molecule has 0 bridgehead atoms. The van der Waals surface area contributed by atoms with Gasteiger partial charge in [0.15, 0.2) is 11.6 Å². The molecule has 0 aromatic heterocycles. The molecule has 0 aromatic rings. The van der Waals surface area contributed by atoms with Gasteiger partial charge in [0.25, 0.3) is 0 Å². The van der Waals surface area contributed by atoms with Crippen molar-refractivity contribution in [2.45, 2.75) is 209 Å². The van der Waals surface area contributed by atoms with Gasteiger partial charge in [-0.15, -0.1) is 0 Å². The van der Waals surface area contributed by atoms with Crippen LogP contribution in [-0.4, -0.2) is 117 Å². The second-order valence-corrected chi connectivity index (χ2v) is 18.9. The summed E-state index contributed by atoms with van der Waals surface area (Å²) >= 11 is 0. The normalized spacial score (nSPS) is 44.6. The van der Waals surface area contributed by atoms with Crippen molar-refractivity contribution in [3.8, 4) is 0 Å². The van der Waals surface area contributed by atoms with Gasteiger partial charge < -0.3 is 63.5 Å². The minimum Gasteiger partial charge on any atom is -0.547 e. The summed E-state index contributed by atoms with van der Waals surface area (Å²) in [7, 11) is 0. The average Bonchev–Trinajstić information content (AvgIpc) is 3.56. The third-order valence-electron chi connectivity index (χ3n) is 14.0. The summed E-state index contributed by atoms with van der Waals surface area (Å²) in [6, 6.07) is 0. The number of carboxylic acids is 1. The number of carbonyl (C=O) groups excluding carboxylic acids is 1. The number of fused-ring (bicyclic) bond motifs is 1. The molecule has 7 rings (SSSR count). The van der Waals surface area contributed by atoms with E-state index in [0.29, 0.717) is 56.4 Å². The molecule has 4 N–H and O–H groups in total. The average molecular weight is 843 g/mol. The molecule has 0 aromatic carbocycles. The summed E-state index contributed by atoms with van der Waals surface area (Å²) in [4.78, 5) is 11.5. The summed E-state index contributed by atoms with van der Waals surface area (Å²) in [6.07, 6.45) is 9.10. The van der Waals surface area contributed by atoms with E-state index in [9.17, 15) is 30.3 Å². The van der Waals surface area contributed by atoms with E-state index in [1.54, 1.807) is 6.08 Å². The minimum absolute atomic E-state index is 0. The van der Waals surface area contributed by atoms with Crippen LogP contribution >= 0.6 is 0 Å². The summed E-state index contributed by atoms with van der Waals surface area (Å²) in [5.74, 6) is -4.11. The maximum absolute atomic E-state index is 11.5. The first kappa shape index (κ1) is 47.4. The van der Waals surface area contributed by atoms with Gasteiger partial charge in [-0.25, -0.2) is 0 Å². The summed E-state index contributed by atoms with van der Waals surface area (Å²) in [5.41, 5.74) is -0.677. The fourth-order valence-electron chi connectivity index (χ4n) is 10.5. The number of carbonyl (C=O) groups is 1. The van der Waals surface area contributed by atoms with Crippen LogP contribution in [0.2, 0.25) is 0 Å². The summed E-state index contributed by atoms with van der Waals surface area (Å²) < 4.78 is 45.2. The molecule has 0 aliphatic carbocycles. The van der Waals surface area contributed by atoms with E-state index in [0.717, 1.165) is 50.7 Å². The third kappa shape index (κ3) is 10.1. The van der Waals surface area contributed by atoms with Gasteiger partial charge in [0, 0.05) is 38.0 Å². The number of aliphatic carboxylic acids is 1. The first-order valence-electron chi connectivity index (χ1n) is 21.6. The van der Waals surface area contributed by atoms with E-state index in [1.165, 1.54) is 6.92 Å². The fraction of sp³-hybridized carbons (Fsp3) is 0.841.